The van der Waals surface area contributed by atoms with Crippen LogP contribution in [0.15, 0.2) is 60.7 Å². The van der Waals surface area contributed by atoms with E-state index in [1.165, 1.54) is 18.2 Å². The predicted octanol–water partition coefficient (Wildman–Crippen LogP) is 3.24. The van der Waals surface area contributed by atoms with Crippen LogP contribution in [0.5, 0.6) is 11.5 Å². The molecule has 0 radical (unpaired) electrons. The molecule has 29 heavy (non-hydrogen) atoms. The van der Waals surface area contributed by atoms with Gasteiger partial charge in [-0.2, -0.15) is 0 Å². The molecule has 1 aliphatic heterocycles. The summed E-state index contributed by atoms with van der Waals surface area (Å²) in [6, 6.07) is 17.4. The molecule has 2 N–H and O–H groups in total. The summed E-state index contributed by atoms with van der Waals surface area (Å²) in [6.07, 6.45) is 0.660. The molecule has 1 fully saturated rings. The molecule has 2 amide bonds. The highest BCUT2D eigenvalue weighted by Gasteiger charge is 2.24. The Morgan fingerprint density at radius 2 is 1.34 bits per heavy atom. The van der Waals surface area contributed by atoms with Gasteiger partial charge in [0.2, 0.25) is 0 Å². The van der Waals surface area contributed by atoms with Crippen molar-refractivity contribution in [1.82, 2.24) is 9.80 Å². The third-order valence-corrected chi connectivity index (χ3v) is 5.24. The van der Waals surface area contributed by atoms with Crippen molar-refractivity contribution in [2.24, 2.45) is 0 Å². The molecular weight excluding hydrogens is 368 g/mol. The van der Waals surface area contributed by atoms with Gasteiger partial charge in [0.1, 0.15) is 11.5 Å². The lowest BCUT2D eigenvalue weighted by Crippen LogP contribution is -2.37. The van der Waals surface area contributed by atoms with Gasteiger partial charge in [-0.25, -0.2) is 0 Å². The molecule has 3 aromatic rings. The number of hydrogen-bond acceptors (Lipinski definition) is 4. The minimum Gasteiger partial charge on any atom is -0.508 e. The summed E-state index contributed by atoms with van der Waals surface area (Å²) < 4.78 is 0. The molecule has 148 valence electrons. The second-order valence-corrected chi connectivity index (χ2v) is 7.20. The normalized spacial score (nSPS) is 14.6. The van der Waals surface area contributed by atoms with E-state index in [1.54, 1.807) is 9.80 Å². The number of phenols is 2. The number of hydrogen-bond donors (Lipinski definition) is 2. The van der Waals surface area contributed by atoms with Gasteiger partial charge in [-0.3, -0.25) is 9.59 Å². The maximum Gasteiger partial charge on any atom is 0.254 e. The van der Waals surface area contributed by atoms with Gasteiger partial charge in [-0.1, -0.05) is 36.4 Å². The second-order valence-electron chi connectivity index (χ2n) is 7.20. The quantitative estimate of drug-likeness (QED) is 0.704. The van der Waals surface area contributed by atoms with Crippen LogP contribution in [0.2, 0.25) is 0 Å². The Kier molecular flexibility index (Phi) is 5.08. The van der Waals surface area contributed by atoms with Crippen LogP contribution in [-0.2, 0) is 0 Å². The number of carbonyl (C=O) groups excluding carboxylic acids is 2. The van der Waals surface area contributed by atoms with Crippen molar-refractivity contribution in [2.45, 2.75) is 6.42 Å². The molecular formula is C23H22N2O4. The summed E-state index contributed by atoms with van der Waals surface area (Å²) in [6.45, 7) is 1.90. The summed E-state index contributed by atoms with van der Waals surface area (Å²) in [5.74, 6) is -0.617. The number of benzene rings is 3. The first-order valence-electron chi connectivity index (χ1n) is 9.62. The third kappa shape index (κ3) is 3.87. The average Bonchev–Trinajstić information content (AvgIpc) is 2.98. The zero-order chi connectivity index (χ0) is 20.4. The van der Waals surface area contributed by atoms with Gasteiger partial charge in [0.05, 0.1) is 0 Å². The monoisotopic (exact) mass is 390 g/mol. The number of fused-ring (bicyclic) bond motifs is 1. The van der Waals surface area contributed by atoms with Crippen LogP contribution in [0, 0.1) is 0 Å². The lowest BCUT2D eigenvalue weighted by Gasteiger charge is -2.23. The summed E-state index contributed by atoms with van der Waals surface area (Å²) in [7, 11) is 0. The van der Waals surface area contributed by atoms with Crippen molar-refractivity contribution in [2.75, 3.05) is 26.2 Å². The molecule has 0 aliphatic carbocycles. The fourth-order valence-electron chi connectivity index (χ4n) is 3.81. The standard InChI is InChI=1S/C23H22N2O4/c26-18-13-17(14-19(27)15-18)22(28)24-9-4-10-25(12-11-24)23(29)21-8-3-6-16-5-1-2-7-20(16)21/h1-3,5-8,13-15,26-27H,4,9-12H2. The van der Waals surface area contributed by atoms with E-state index in [2.05, 4.69) is 0 Å². The number of nitrogens with zero attached hydrogens (tertiary/aromatic N) is 2. The third-order valence-electron chi connectivity index (χ3n) is 5.24. The summed E-state index contributed by atoms with van der Waals surface area (Å²) >= 11 is 0. The van der Waals surface area contributed by atoms with Crippen molar-refractivity contribution in [1.29, 1.82) is 0 Å². The molecule has 1 aliphatic rings. The van der Waals surface area contributed by atoms with Crippen molar-refractivity contribution < 1.29 is 19.8 Å². The molecule has 4 rings (SSSR count). The van der Waals surface area contributed by atoms with Gasteiger partial charge in [0.25, 0.3) is 11.8 Å². The molecule has 1 heterocycles. The van der Waals surface area contributed by atoms with E-state index in [0.29, 0.717) is 38.2 Å². The molecule has 1 saturated heterocycles. The number of rotatable bonds is 2. The maximum atomic E-state index is 13.2. The van der Waals surface area contributed by atoms with Gasteiger partial charge in [-0.05, 0) is 35.4 Å². The predicted molar refractivity (Wildman–Crippen MR) is 110 cm³/mol. The van der Waals surface area contributed by atoms with Crippen molar-refractivity contribution in [3.05, 3.63) is 71.8 Å². The Balaban J connectivity index is 1.51. The zero-order valence-electron chi connectivity index (χ0n) is 15.9. The van der Waals surface area contributed by atoms with Gasteiger partial charge >= 0.3 is 0 Å². The highest BCUT2D eigenvalue weighted by Crippen LogP contribution is 2.23. The zero-order valence-corrected chi connectivity index (χ0v) is 15.9. The molecule has 0 bridgehead atoms. The maximum absolute atomic E-state index is 13.2. The van der Waals surface area contributed by atoms with Crippen molar-refractivity contribution in [3.63, 3.8) is 0 Å². The molecule has 3 aromatic carbocycles. The Morgan fingerprint density at radius 1 is 0.724 bits per heavy atom. The summed E-state index contributed by atoms with van der Waals surface area (Å²) in [5, 5.41) is 21.2. The van der Waals surface area contributed by atoms with Crippen molar-refractivity contribution >= 4 is 22.6 Å². The van der Waals surface area contributed by atoms with Crippen LogP contribution >= 0.6 is 0 Å². The average molecular weight is 390 g/mol. The Bertz CT molecular complexity index is 1050. The minimum atomic E-state index is -0.268. The lowest BCUT2D eigenvalue weighted by atomic mass is 10.0. The molecule has 6 heteroatoms. The van der Waals surface area contributed by atoms with Crippen LogP contribution in [0.1, 0.15) is 27.1 Å². The first-order chi connectivity index (χ1) is 14.0. The van der Waals surface area contributed by atoms with Gasteiger partial charge in [0.15, 0.2) is 0 Å². The topological polar surface area (TPSA) is 81.1 Å². The first-order valence-corrected chi connectivity index (χ1v) is 9.62. The fraction of sp³-hybridized carbons (Fsp3) is 0.217. The highest BCUT2D eigenvalue weighted by molar-refractivity contribution is 6.07. The molecule has 0 saturated carbocycles. The van der Waals surface area contributed by atoms with E-state index >= 15 is 0 Å². The largest absolute Gasteiger partial charge is 0.508 e. The Labute approximate surface area is 168 Å². The van der Waals surface area contributed by atoms with E-state index in [4.69, 9.17) is 0 Å². The number of aromatic hydroxyl groups is 2. The van der Waals surface area contributed by atoms with E-state index in [9.17, 15) is 19.8 Å². The molecule has 6 nitrogen and oxygen atoms in total. The van der Waals surface area contributed by atoms with Crippen LogP contribution in [0.4, 0.5) is 0 Å². The van der Waals surface area contributed by atoms with E-state index < -0.39 is 0 Å². The number of phenolic OH excluding ortho intramolecular Hbond substituents is 2. The van der Waals surface area contributed by atoms with Crippen LogP contribution in [0.3, 0.4) is 0 Å². The first kappa shape index (κ1) is 18.8. The smallest absolute Gasteiger partial charge is 0.254 e. The molecule has 0 unspecified atom stereocenters. The van der Waals surface area contributed by atoms with E-state index in [1.807, 2.05) is 42.5 Å². The second kappa shape index (κ2) is 7.83. The van der Waals surface area contributed by atoms with Gasteiger partial charge < -0.3 is 20.0 Å². The molecule has 0 atom stereocenters. The van der Waals surface area contributed by atoms with Gasteiger partial charge in [0, 0.05) is 43.4 Å². The lowest BCUT2D eigenvalue weighted by molar-refractivity contribution is 0.0719. The summed E-state index contributed by atoms with van der Waals surface area (Å²) in [4.78, 5) is 29.4. The Morgan fingerprint density at radius 3 is 2.07 bits per heavy atom. The number of amides is 2. The highest BCUT2D eigenvalue weighted by atomic mass is 16.3. The van der Waals surface area contributed by atoms with Crippen LogP contribution in [-0.4, -0.2) is 58.0 Å². The van der Waals surface area contributed by atoms with Crippen LogP contribution < -0.4 is 0 Å². The number of carbonyl (C=O) groups is 2. The summed E-state index contributed by atoms with van der Waals surface area (Å²) in [5.41, 5.74) is 0.900. The fourth-order valence-corrected chi connectivity index (χ4v) is 3.81. The minimum absolute atomic E-state index is 0.0360. The van der Waals surface area contributed by atoms with E-state index in [0.717, 1.165) is 10.8 Å². The van der Waals surface area contributed by atoms with Crippen molar-refractivity contribution in [3.8, 4) is 11.5 Å². The molecule has 0 spiro atoms. The SMILES string of the molecule is O=C(c1cc(O)cc(O)c1)N1CCCN(C(=O)c2cccc3ccccc23)CC1. The van der Waals surface area contributed by atoms with Crippen LogP contribution in [0.25, 0.3) is 10.8 Å². The molecule has 0 aromatic heterocycles. The Hall–Kier alpha value is -3.54. The van der Waals surface area contributed by atoms with Gasteiger partial charge in [-0.15, -0.1) is 0 Å². The van der Waals surface area contributed by atoms with E-state index in [-0.39, 0.29) is 28.9 Å².